The number of nitrogen functional groups attached to an aromatic ring is 1. The number of hydrogen-bond acceptors (Lipinski definition) is 3. The molecule has 0 aliphatic carbocycles. The molecule has 4 nitrogen and oxygen atoms in total. The standard InChI is InChI=1S/C6H5IN4/c7-5-2-1-4-3-9-6(8)10-11(4)5/h1-3H,(H2,8,10). The molecule has 0 spiro atoms. The number of aromatic nitrogens is 3. The van der Waals surface area contributed by atoms with Crippen molar-refractivity contribution >= 4 is 34.1 Å². The van der Waals surface area contributed by atoms with Gasteiger partial charge >= 0.3 is 0 Å². The van der Waals surface area contributed by atoms with Gasteiger partial charge in [0.1, 0.15) is 3.70 Å². The van der Waals surface area contributed by atoms with E-state index in [9.17, 15) is 0 Å². The van der Waals surface area contributed by atoms with Crippen molar-refractivity contribution in [2.24, 2.45) is 0 Å². The molecule has 2 aromatic heterocycles. The van der Waals surface area contributed by atoms with Crippen molar-refractivity contribution in [3.8, 4) is 0 Å². The fourth-order valence-corrected chi connectivity index (χ4v) is 1.45. The predicted octanol–water partition coefficient (Wildman–Crippen LogP) is 0.916. The monoisotopic (exact) mass is 260 g/mol. The van der Waals surface area contributed by atoms with E-state index in [2.05, 4.69) is 32.7 Å². The Bertz CT molecular complexity index is 394. The molecule has 0 fully saturated rings. The van der Waals surface area contributed by atoms with Crippen molar-refractivity contribution in [1.82, 2.24) is 14.6 Å². The molecule has 2 rings (SSSR count). The lowest BCUT2D eigenvalue weighted by atomic mass is 10.5. The highest BCUT2D eigenvalue weighted by Gasteiger charge is 1.98. The van der Waals surface area contributed by atoms with Gasteiger partial charge in [-0.3, -0.25) is 0 Å². The van der Waals surface area contributed by atoms with Crippen LogP contribution in [0.1, 0.15) is 0 Å². The second-order valence-corrected chi connectivity index (χ2v) is 3.21. The van der Waals surface area contributed by atoms with Crippen LogP contribution in [0, 0.1) is 3.70 Å². The second kappa shape index (κ2) is 2.33. The molecule has 5 heteroatoms. The smallest absolute Gasteiger partial charge is 0.238 e. The van der Waals surface area contributed by atoms with Crippen LogP contribution >= 0.6 is 22.6 Å². The topological polar surface area (TPSA) is 56.2 Å². The van der Waals surface area contributed by atoms with Crippen LogP contribution in [0.15, 0.2) is 18.3 Å². The molecule has 56 valence electrons. The van der Waals surface area contributed by atoms with E-state index in [0.29, 0.717) is 5.95 Å². The summed E-state index contributed by atoms with van der Waals surface area (Å²) in [6, 6.07) is 3.91. The zero-order chi connectivity index (χ0) is 7.84. The van der Waals surface area contributed by atoms with Gasteiger partial charge in [0.2, 0.25) is 5.95 Å². The van der Waals surface area contributed by atoms with E-state index in [-0.39, 0.29) is 0 Å². The Morgan fingerprint density at radius 2 is 2.27 bits per heavy atom. The van der Waals surface area contributed by atoms with E-state index >= 15 is 0 Å². The van der Waals surface area contributed by atoms with E-state index in [1.807, 2.05) is 12.1 Å². The van der Waals surface area contributed by atoms with Gasteiger partial charge in [0.05, 0.1) is 11.7 Å². The summed E-state index contributed by atoms with van der Waals surface area (Å²) in [5, 5.41) is 4.01. The lowest BCUT2D eigenvalue weighted by molar-refractivity contribution is 0.897. The summed E-state index contributed by atoms with van der Waals surface area (Å²) in [5.41, 5.74) is 6.37. The molecule has 11 heavy (non-hydrogen) atoms. The number of nitrogens with two attached hydrogens (primary N) is 1. The normalized spacial score (nSPS) is 10.6. The van der Waals surface area contributed by atoms with Crippen LogP contribution in [-0.2, 0) is 0 Å². The number of anilines is 1. The van der Waals surface area contributed by atoms with Gasteiger partial charge in [0, 0.05) is 0 Å². The highest BCUT2D eigenvalue weighted by atomic mass is 127. The average Bonchev–Trinajstić information content (AvgIpc) is 2.33. The first-order chi connectivity index (χ1) is 5.27. The highest BCUT2D eigenvalue weighted by molar-refractivity contribution is 14.1. The van der Waals surface area contributed by atoms with Crippen LogP contribution in [0.3, 0.4) is 0 Å². The summed E-state index contributed by atoms with van der Waals surface area (Å²) in [4.78, 5) is 3.86. The van der Waals surface area contributed by atoms with E-state index in [1.54, 1.807) is 10.7 Å². The molecule has 0 atom stereocenters. The Labute approximate surface area is 76.6 Å². The summed E-state index contributed by atoms with van der Waals surface area (Å²) in [6.07, 6.45) is 1.70. The van der Waals surface area contributed by atoms with Gasteiger partial charge in [-0.2, -0.15) is 0 Å². The summed E-state index contributed by atoms with van der Waals surface area (Å²) in [7, 11) is 0. The molecule has 0 amide bonds. The minimum absolute atomic E-state index is 0.298. The Morgan fingerprint density at radius 1 is 1.45 bits per heavy atom. The van der Waals surface area contributed by atoms with Gasteiger partial charge in [0.25, 0.3) is 0 Å². The van der Waals surface area contributed by atoms with Crippen LogP contribution < -0.4 is 5.73 Å². The van der Waals surface area contributed by atoms with Gasteiger partial charge in [-0.15, -0.1) is 5.10 Å². The quantitative estimate of drug-likeness (QED) is 0.716. The lowest BCUT2D eigenvalue weighted by Crippen LogP contribution is -2.00. The van der Waals surface area contributed by atoms with E-state index in [4.69, 9.17) is 5.73 Å². The van der Waals surface area contributed by atoms with Gasteiger partial charge in [-0.1, -0.05) is 0 Å². The Hall–Kier alpha value is -0.850. The maximum Gasteiger partial charge on any atom is 0.238 e. The molecule has 0 aromatic carbocycles. The minimum atomic E-state index is 0.298. The van der Waals surface area contributed by atoms with Gasteiger partial charge < -0.3 is 5.73 Å². The van der Waals surface area contributed by atoms with Gasteiger partial charge in [0.15, 0.2) is 0 Å². The molecule has 0 unspecified atom stereocenters. The summed E-state index contributed by atoms with van der Waals surface area (Å²) in [6.45, 7) is 0. The largest absolute Gasteiger partial charge is 0.367 e. The van der Waals surface area contributed by atoms with Crippen molar-refractivity contribution in [1.29, 1.82) is 0 Å². The molecule has 2 heterocycles. The first-order valence-electron chi connectivity index (χ1n) is 3.03. The molecule has 0 radical (unpaired) electrons. The SMILES string of the molecule is Nc1ncc2ccc(I)n2n1. The van der Waals surface area contributed by atoms with Crippen molar-refractivity contribution in [3.63, 3.8) is 0 Å². The maximum atomic E-state index is 5.41. The van der Waals surface area contributed by atoms with Crippen molar-refractivity contribution < 1.29 is 0 Å². The van der Waals surface area contributed by atoms with Gasteiger partial charge in [-0.05, 0) is 34.7 Å². The zero-order valence-corrected chi connectivity index (χ0v) is 7.69. The van der Waals surface area contributed by atoms with E-state index in [1.165, 1.54) is 0 Å². The number of halogens is 1. The summed E-state index contributed by atoms with van der Waals surface area (Å²) in [5.74, 6) is 0.298. The molecule has 0 aliphatic heterocycles. The summed E-state index contributed by atoms with van der Waals surface area (Å²) >= 11 is 2.19. The molecule has 0 bridgehead atoms. The van der Waals surface area contributed by atoms with Crippen LogP contribution in [-0.4, -0.2) is 14.6 Å². The van der Waals surface area contributed by atoms with Crippen LogP contribution in [0.4, 0.5) is 5.95 Å². The highest BCUT2D eigenvalue weighted by Crippen LogP contribution is 2.09. The molecule has 2 aromatic rings. The van der Waals surface area contributed by atoms with Gasteiger partial charge in [-0.25, -0.2) is 9.50 Å². The van der Waals surface area contributed by atoms with Crippen LogP contribution in [0.25, 0.3) is 5.52 Å². The van der Waals surface area contributed by atoms with Crippen molar-refractivity contribution in [3.05, 3.63) is 22.0 Å². The molecular weight excluding hydrogens is 255 g/mol. The lowest BCUT2D eigenvalue weighted by Gasteiger charge is -1.94. The predicted molar refractivity (Wildman–Crippen MR) is 50.1 cm³/mol. The Kier molecular flexibility index (Phi) is 1.45. The van der Waals surface area contributed by atoms with E-state index < -0.39 is 0 Å². The molecular formula is C6H5IN4. The van der Waals surface area contributed by atoms with Crippen molar-refractivity contribution in [2.75, 3.05) is 5.73 Å². The van der Waals surface area contributed by atoms with E-state index in [0.717, 1.165) is 9.22 Å². The fourth-order valence-electron chi connectivity index (χ4n) is 0.882. The number of fused-ring (bicyclic) bond motifs is 1. The third-order valence-corrected chi connectivity index (χ3v) is 2.19. The third-order valence-electron chi connectivity index (χ3n) is 1.37. The van der Waals surface area contributed by atoms with Crippen molar-refractivity contribution in [2.45, 2.75) is 0 Å². The zero-order valence-electron chi connectivity index (χ0n) is 5.53. The molecule has 0 saturated heterocycles. The average molecular weight is 260 g/mol. The van der Waals surface area contributed by atoms with Crippen LogP contribution in [0.5, 0.6) is 0 Å². The summed E-state index contributed by atoms with van der Waals surface area (Å²) < 4.78 is 2.79. The molecule has 0 saturated carbocycles. The minimum Gasteiger partial charge on any atom is -0.367 e. The molecule has 0 aliphatic rings. The fraction of sp³-hybridized carbons (Fsp3) is 0. The second-order valence-electron chi connectivity index (χ2n) is 2.11. The Balaban J connectivity index is 2.87. The van der Waals surface area contributed by atoms with Crippen LogP contribution in [0.2, 0.25) is 0 Å². The first kappa shape index (κ1) is 6.84. The first-order valence-corrected chi connectivity index (χ1v) is 4.11. The number of rotatable bonds is 0. The Morgan fingerprint density at radius 3 is 3.09 bits per heavy atom. The molecule has 2 N–H and O–H groups in total. The number of nitrogens with zero attached hydrogens (tertiary/aromatic N) is 3. The maximum absolute atomic E-state index is 5.41. The number of hydrogen-bond donors (Lipinski definition) is 1. The third kappa shape index (κ3) is 1.05.